The van der Waals surface area contributed by atoms with Crippen LogP contribution >= 0.6 is 0 Å². The predicted octanol–water partition coefficient (Wildman–Crippen LogP) is 8.90. The molecular weight excluding hydrogens is 439 g/mol. The van der Waals surface area contributed by atoms with E-state index in [1.54, 1.807) is 0 Å². The SMILES string of the molecule is C/C=C(\OB([C@H]1[C@H]2C[C@@H](C[C@@H]1C)C2(C)C)[C@H]1[C@H]2C[C@@H](C[C@@H]1C)C2(C)C)[C@@H](C)COCc1ccccc1. The number of ether oxygens (including phenoxy) is 1. The van der Waals surface area contributed by atoms with Gasteiger partial charge in [0.1, 0.15) is 0 Å². The molecule has 1 aromatic carbocycles. The van der Waals surface area contributed by atoms with E-state index in [4.69, 9.17) is 9.39 Å². The van der Waals surface area contributed by atoms with Gasteiger partial charge >= 0.3 is 6.92 Å². The van der Waals surface area contributed by atoms with E-state index in [1.807, 2.05) is 0 Å². The molecule has 6 aliphatic rings. The third-order valence-electron chi connectivity index (χ3n) is 11.9. The second-order valence-electron chi connectivity index (χ2n) is 14.5. The van der Waals surface area contributed by atoms with Crippen molar-refractivity contribution >= 4 is 6.92 Å². The fourth-order valence-corrected chi connectivity index (χ4v) is 9.38. The Bertz CT molecular complexity index is 894. The summed E-state index contributed by atoms with van der Waals surface area (Å²) >= 11 is 0. The molecule has 1 aromatic rings. The zero-order valence-electron chi connectivity index (χ0n) is 24.3. The van der Waals surface area contributed by atoms with E-state index in [-0.39, 0.29) is 5.92 Å². The highest BCUT2D eigenvalue weighted by atomic mass is 16.5. The minimum atomic E-state index is 0.267. The third kappa shape index (κ3) is 4.40. The van der Waals surface area contributed by atoms with Gasteiger partial charge in [-0.15, -0.1) is 0 Å². The molecule has 36 heavy (non-hydrogen) atoms. The molecule has 0 spiro atoms. The maximum atomic E-state index is 7.34. The minimum Gasteiger partial charge on any atom is -0.563 e. The van der Waals surface area contributed by atoms with Crippen LogP contribution in [0.3, 0.4) is 0 Å². The molecule has 0 aromatic heterocycles. The van der Waals surface area contributed by atoms with Gasteiger partial charge in [-0.25, -0.2) is 0 Å². The Balaban J connectivity index is 1.36. The second-order valence-corrected chi connectivity index (χ2v) is 14.5. The van der Waals surface area contributed by atoms with E-state index in [9.17, 15) is 0 Å². The van der Waals surface area contributed by atoms with Crippen molar-refractivity contribution in [1.29, 1.82) is 0 Å². The van der Waals surface area contributed by atoms with Gasteiger partial charge in [0.25, 0.3) is 0 Å². The first-order chi connectivity index (χ1) is 17.1. The summed E-state index contributed by atoms with van der Waals surface area (Å²) in [5.74, 6) is 7.68. The lowest BCUT2D eigenvalue weighted by Gasteiger charge is -2.67. The highest BCUT2D eigenvalue weighted by Gasteiger charge is 2.66. The van der Waals surface area contributed by atoms with Crippen LogP contribution in [0.2, 0.25) is 11.6 Å². The van der Waals surface area contributed by atoms with Crippen molar-refractivity contribution in [1.82, 2.24) is 0 Å². The molecule has 0 saturated heterocycles. The van der Waals surface area contributed by atoms with Crippen LogP contribution in [0.5, 0.6) is 0 Å². The summed E-state index contributed by atoms with van der Waals surface area (Å²) in [7, 11) is 0. The number of fused-ring (bicyclic) bond motifs is 4. The number of allylic oxidation sites excluding steroid dienone is 1. The van der Waals surface area contributed by atoms with Gasteiger partial charge in [0.05, 0.1) is 19.0 Å². The highest BCUT2D eigenvalue weighted by molar-refractivity contribution is 6.56. The van der Waals surface area contributed by atoms with Crippen LogP contribution in [-0.2, 0) is 16.0 Å². The summed E-state index contributed by atoms with van der Waals surface area (Å²) in [6.45, 7) is 21.4. The van der Waals surface area contributed by atoms with Crippen molar-refractivity contribution in [3.8, 4) is 0 Å². The Hall–Kier alpha value is -1.22. The average molecular weight is 491 g/mol. The maximum Gasteiger partial charge on any atom is 0.364 e. The van der Waals surface area contributed by atoms with Crippen molar-refractivity contribution in [3.63, 3.8) is 0 Å². The molecule has 6 saturated carbocycles. The first kappa shape index (κ1) is 26.4. The molecule has 7 rings (SSSR count). The molecule has 3 heteroatoms. The van der Waals surface area contributed by atoms with Gasteiger partial charge in [-0.3, -0.25) is 0 Å². The van der Waals surface area contributed by atoms with Gasteiger partial charge < -0.3 is 9.39 Å². The molecule has 0 aliphatic heterocycles. The molecule has 6 aliphatic carbocycles. The number of rotatable bonds is 9. The van der Waals surface area contributed by atoms with E-state index in [1.165, 1.54) is 31.2 Å². The first-order valence-corrected chi connectivity index (χ1v) is 15.0. The van der Waals surface area contributed by atoms with Crippen molar-refractivity contribution in [2.24, 2.45) is 52.3 Å². The zero-order valence-corrected chi connectivity index (χ0v) is 24.3. The number of hydrogen-bond acceptors (Lipinski definition) is 2. The molecule has 198 valence electrons. The summed E-state index contributed by atoms with van der Waals surface area (Å²) < 4.78 is 13.5. The van der Waals surface area contributed by atoms with E-state index in [0.717, 1.165) is 41.3 Å². The fourth-order valence-electron chi connectivity index (χ4n) is 9.38. The summed E-state index contributed by atoms with van der Waals surface area (Å²) in [4.78, 5) is 0. The fraction of sp³-hybridized carbons (Fsp3) is 0.758. The second kappa shape index (κ2) is 9.83. The number of benzene rings is 1. The topological polar surface area (TPSA) is 18.5 Å². The lowest BCUT2D eigenvalue weighted by molar-refractivity contribution is -0.104. The van der Waals surface area contributed by atoms with Crippen molar-refractivity contribution in [3.05, 3.63) is 47.7 Å². The van der Waals surface area contributed by atoms with Gasteiger partial charge in [0, 0.05) is 5.92 Å². The van der Waals surface area contributed by atoms with Crippen LogP contribution in [0, 0.1) is 52.3 Å². The predicted molar refractivity (Wildman–Crippen MR) is 152 cm³/mol. The maximum absolute atomic E-state index is 7.34. The van der Waals surface area contributed by atoms with Gasteiger partial charge in [0.15, 0.2) is 0 Å². The van der Waals surface area contributed by atoms with Crippen LogP contribution in [0.4, 0.5) is 0 Å². The van der Waals surface area contributed by atoms with Crippen molar-refractivity contribution < 1.29 is 9.39 Å². The van der Waals surface area contributed by atoms with Gasteiger partial charge in [-0.05, 0) is 96.1 Å². The normalized spacial score (nSPS) is 38.9. The summed E-state index contributed by atoms with van der Waals surface area (Å²) in [5, 5.41) is 0. The molecule has 6 fully saturated rings. The smallest absolute Gasteiger partial charge is 0.364 e. The van der Waals surface area contributed by atoms with Crippen molar-refractivity contribution in [2.75, 3.05) is 6.61 Å². The van der Waals surface area contributed by atoms with Crippen molar-refractivity contribution in [2.45, 2.75) is 99.3 Å². The monoisotopic (exact) mass is 490 g/mol. The van der Waals surface area contributed by atoms with Crippen LogP contribution in [0.15, 0.2) is 42.2 Å². The molecule has 0 heterocycles. The van der Waals surface area contributed by atoms with E-state index < -0.39 is 0 Å². The lowest BCUT2D eigenvalue weighted by Crippen LogP contribution is -2.62. The summed E-state index contributed by atoms with van der Waals surface area (Å²) in [5.41, 5.74) is 2.17. The first-order valence-electron chi connectivity index (χ1n) is 15.0. The van der Waals surface area contributed by atoms with Crippen LogP contribution in [0.1, 0.15) is 86.6 Å². The molecular formula is C33H51BO2. The number of hydrogen-bond donors (Lipinski definition) is 0. The average Bonchev–Trinajstić information content (AvgIpc) is 2.85. The highest BCUT2D eigenvalue weighted by Crippen LogP contribution is 2.71. The third-order valence-corrected chi connectivity index (χ3v) is 11.9. The molecule has 0 radical (unpaired) electrons. The van der Waals surface area contributed by atoms with Crippen LogP contribution in [-0.4, -0.2) is 13.5 Å². The van der Waals surface area contributed by atoms with Gasteiger partial charge in [-0.1, -0.05) is 84.9 Å². The molecule has 0 N–H and O–H groups in total. The molecule has 2 nitrogen and oxygen atoms in total. The van der Waals surface area contributed by atoms with E-state index >= 15 is 0 Å². The summed E-state index contributed by atoms with van der Waals surface area (Å²) in [6.07, 6.45) is 7.84. The van der Waals surface area contributed by atoms with Gasteiger partial charge in [-0.2, -0.15) is 0 Å². The van der Waals surface area contributed by atoms with E-state index in [0.29, 0.717) is 42.6 Å². The summed E-state index contributed by atoms with van der Waals surface area (Å²) in [6, 6.07) is 10.5. The largest absolute Gasteiger partial charge is 0.563 e. The Morgan fingerprint density at radius 3 is 1.92 bits per heavy atom. The quantitative estimate of drug-likeness (QED) is 0.254. The standard InChI is InChI=1S/C33H51BO2/c1-9-29(23(4)19-35-20-24-13-11-10-12-14-24)36-34(30-21(2)15-25-17-27(30)32(25,5)6)31-22(3)16-26-18-28(31)33(26,7)8/h9-14,21-23,25-28,30-31H,15-20H2,1-8H3/b29-9-/t21-,22-,23-,25+,26+,27+,28+,30+,31+/m0/s1. The molecule has 4 bridgehead atoms. The van der Waals surface area contributed by atoms with Crippen LogP contribution in [0.25, 0.3) is 0 Å². The Kier molecular flexibility index (Phi) is 7.21. The minimum absolute atomic E-state index is 0.267. The Morgan fingerprint density at radius 1 is 0.917 bits per heavy atom. The molecule has 9 atom stereocenters. The molecule has 0 unspecified atom stereocenters. The van der Waals surface area contributed by atoms with Crippen LogP contribution < -0.4 is 0 Å². The zero-order chi connectivity index (χ0) is 25.8. The Labute approximate surface area is 222 Å². The molecule has 0 amide bonds. The van der Waals surface area contributed by atoms with Gasteiger partial charge in [0.2, 0.25) is 0 Å². The van der Waals surface area contributed by atoms with E-state index in [2.05, 4.69) is 91.8 Å². The Morgan fingerprint density at radius 2 is 1.44 bits per heavy atom. The lowest BCUT2D eigenvalue weighted by atomic mass is 9.24.